The third-order valence-corrected chi connectivity index (χ3v) is 8.34. The minimum atomic E-state index is -1.09. The fraction of sp³-hybridized carbons (Fsp3) is 0.393. The minimum Gasteiger partial charge on any atom is -0.489 e. The van der Waals surface area contributed by atoms with Gasteiger partial charge in [0.15, 0.2) is 5.82 Å². The lowest BCUT2D eigenvalue weighted by molar-refractivity contribution is 0.0692. The first kappa shape index (κ1) is 24.3. The van der Waals surface area contributed by atoms with Crippen LogP contribution in [0.15, 0.2) is 30.3 Å². The summed E-state index contributed by atoms with van der Waals surface area (Å²) >= 11 is 6.47. The maximum Gasteiger partial charge on any atom is 0.404 e. The summed E-state index contributed by atoms with van der Waals surface area (Å²) in [5.74, 6) is 1.22. The van der Waals surface area contributed by atoms with Crippen molar-refractivity contribution >= 4 is 45.5 Å². The van der Waals surface area contributed by atoms with Gasteiger partial charge in [-0.15, -0.1) is 0 Å². The number of ether oxygens (including phenoxy) is 1. The topological polar surface area (TPSA) is 102 Å². The summed E-state index contributed by atoms with van der Waals surface area (Å²) in [5.41, 5.74) is 3.45. The number of hydrogen-bond donors (Lipinski definition) is 2. The van der Waals surface area contributed by atoms with Crippen LogP contribution >= 0.6 is 11.6 Å². The molecule has 39 heavy (non-hydrogen) atoms. The highest BCUT2D eigenvalue weighted by Gasteiger charge is 2.30. The van der Waals surface area contributed by atoms with Gasteiger partial charge in [-0.1, -0.05) is 11.6 Å². The van der Waals surface area contributed by atoms with Crippen molar-refractivity contribution in [2.75, 3.05) is 19.7 Å². The number of carbonyl (C=O) groups excluding carboxylic acids is 1. The van der Waals surface area contributed by atoms with Gasteiger partial charge < -0.3 is 29.2 Å². The fourth-order valence-electron chi connectivity index (χ4n) is 5.99. The molecule has 7 rings (SSSR count). The Hall–Kier alpha value is -3.79. The standard InChI is InChI=1S/C28H27ClFN5O4/c29-23-19(30)6-5-16-11-21(35(24(16)23)13-15-3-4-15)26-32-20-10-17(12-22-25(20)34(26)8-9-39-22)27(36)33-7-1-2-18(14-33)31-28(37)38/h5-6,10-12,15,18,31H,1-4,7-9,13-14H2,(H,37,38)/t18-/m1/s1. The van der Waals surface area contributed by atoms with Crippen molar-refractivity contribution < 1.29 is 23.8 Å². The van der Waals surface area contributed by atoms with Crippen LogP contribution in [0.25, 0.3) is 33.5 Å². The maximum absolute atomic E-state index is 14.5. The van der Waals surface area contributed by atoms with E-state index in [1.54, 1.807) is 23.1 Å². The van der Waals surface area contributed by atoms with Crippen LogP contribution in [0.4, 0.5) is 9.18 Å². The lowest BCUT2D eigenvalue weighted by atomic mass is 10.0. The van der Waals surface area contributed by atoms with E-state index in [0.717, 1.165) is 48.2 Å². The molecule has 2 fully saturated rings. The number of nitrogens with one attached hydrogen (secondary N) is 1. The number of imidazole rings is 1. The molecule has 1 atom stereocenters. The van der Waals surface area contributed by atoms with Gasteiger partial charge >= 0.3 is 6.09 Å². The molecular weight excluding hydrogens is 525 g/mol. The highest BCUT2D eigenvalue weighted by molar-refractivity contribution is 6.35. The molecule has 2 amide bonds. The molecule has 4 heterocycles. The quantitative estimate of drug-likeness (QED) is 0.358. The number of fused-ring (bicyclic) bond motifs is 1. The molecule has 2 N–H and O–H groups in total. The predicted octanol–water partition coefficient (Wildman–Crippen LogP) is 5.13. The predicted molar refractivity (Wildman–Crippen MR) is 144 cm³/mol. The van der Waals surface area contributed by atoms with Crippen LogP contribution in [0, 0.1) is 11.7 Å². The molecule has 2 aromatic carbocycles. The van der Waals surface area contributed by atoms with E-state index < -0.39 is 11.9 Å². The zero-order valence-electron chi connectivity index (χ0n) is 21.1. The number of amides is 2. The third kappa shape index (κ3) is 4.17. The van der Waals surface area contributed by atoms with Crippen LogP contribution in [-0.2, 0) is 13.1 Å². The van der Waals surface area contributed by atoms with Crippen molar-refractivity contribution in [1.82, 2.24) is 24.3 Å². The monoisotopic (exact) mass is 551 g/mol. The Morgan fingerprint density at radius 3 is 2.79 bits per heavy atom. The van der Waals surface area contributed by atoms with Gasteiger partial charge in [0.1, 0.15) is 28.7 Å². The van der Waals surface area contributed by atoms with E-state index in [4.69, 9.17) is 26.4 Å². The number of carboxylic acid groups (broad SMARTS) is 1. The lowest BCUT2D eigenvalue weighted by Crippen LogP contribution is -2.49. The Labute approximate surface area is 228 Å². The summed E-state index contributed by atoms with van der Waals surface area (Å²) in [6, 6.07) is 8.39. The molecular formula is C28H27ClFN5O4. The van der Waals surface area contributed by atoms with E-state index in [1.165, 1.54) is 6.07 Å². The van der Waals surface area contributed by atoms with Gasteiger partial charge in [-0.3, -0.25) is 4.79 Å². The van der Waals surface area contributed by atoms with Crippen molar-refractivity contribution in [3.8, 4) is 17.3 Å². The molecule has 0 unspecified atom stereocenters. The first-order valence-corrected chi connectivity index (χ1v) is 13.7. The number of nitrogens with zero attached hydrogens (tertiary/aromatic N) is 4. The summed E-state index contributed by atoms with van der Waals surface area (Å²) in [7, 11) is 0. The number of piperidine rings is 1. The second-order valence-corrected chi connectivity index (χ2v) is 11.1. The van der Waals surface area contributed by atoms with E-state index >= 15 is 0 Å². The Balaban J connectivity index is 1.32. The number of hydrogen-bond acceptors (Lipinski definition) is 4. The molecule has 11 heteroatoms. The molecule has 9 nitrogen and oxygen atoms in total. The summed E-state index contributed by atoms with van der Waals surface area (Å²) in [6.45, 7) is 2.63. The van der Waals surface area contributed by atoms with E-state index in [0.29, 0.717) is 60.9 Å². The van der Waals surface area contributed by atoms with E-state index in [9.17, 15) is 14.0 Å². The third-order valence-electron chi connectivity index (χ3n) is 7.98. The molecule has 1 aliphatic carbocycles. The van der Waals surface area contributed by atoms with Gasteiger partial charge in [0.25, 0.3) is 5.91 Å². The van der Waals surface area contributed by atoms with Crippen LogP contribution in [0.1, 0.15) is 36.0 Å². The molecule has 2 aromatic heterocycles. The molecule has 2 aliphatic heterocycles. The van der Waals surface area contributed by atoms with Crippen molar-refractivity contribution in [2.24, 2.45) is 5.92 Å². The highest BCUT2D eigenvalue weighted by atomic mass is 35.5. The summed E-state index contributed by atoms with van der Waals surface area (Å²) < 4.78 is 24.7. The van der Waals surface area contributed by atoms with Crippen LogP contribution < -0.4 is 10.1 Å². The van der Waals surface area contributed by atoms with Crippen molar-refractivity contribution in [1.29, 1.82) is 0 Å². The van der Waals surface area contributed by atoms with Gasteiger partial charge in [-0.25, -0.2) is 14.2 Å². The molecule has 1 saturated carbocycles. The van der Waals surface area contributed by atoms with Crippen molar-refractivity contribution in [2.45, 2.75) is 44.8 Å². The molecule has 3 aliphatic rings. The van der Waals surface area contributed by atoms with Gasteiger partial charge in [0.2, 0.25) is 0 Å². The number of aromatic nitrogens is 3. The molecule has 4 aromatic rings. The lowest BCUT2D eigenvalue weighted by Gasteiger charge is -2.32. The van der Waals surface area contributed by atoms with Crippen LogP contribution in [0.2, 0.25) is 5.02 Å². The maximum atomic E-state index is 14.5. The average Bonchev–Trinajstić information content (AvgIpc) is 3.56. The SMILES string of the molecule is O=C(O)N[C@@H]1CCCN(C(=O)c2cc3c4c(c2)nc(-c2cc5ccc(F)c(Cl)c5n2CC2CC2)n4CCO3)C1. The zero-order valence-corrected chi connectivity index (χ0v) is 21.9. The van der Waals surface area contributed by atoms with Crippen LogP contribution in [0.3, 0.4) is 0 Å². The largest absolute Gasteiger partial charge is 0.489 e. The normalized spacial score (nSPS) is 18.9. The number of rotatable bonds is 5. The first-order valence-electron chi connectivity index (χ1n) is 13.3. The number of benzene rings is 2. The molecule has 0 bridgehead atoms. The van der Waals surface area contributed by atoms with Gasteiger partial charge in [-0.05, 0) is 61.9 Å². The first-order chi connectivity index (χ1) is 18.9. The van der Waals surface area contributed by atoms with E-state index in [-0.39, 0.29) is 17.0 Å². The van der Waals surface area contributed by atoms with Crippen molar-refractivity contribution in [3.05, 3.63) is 46.7 Å². The fourth-order valence-corrected chi connectivity index (χ4v) is 6.26. The smallest absolute Gasteiger partial charge is 0.404 e. The van der Waals surface area contributed by atoms with E-state index in [2.05, 4.69) is 14.5 Å². The minimum absolute atomic E-state index is 0.114. The van der Waals surface area contributed by atoms with Gasteiger partial charge in [0, 0.05) is 36.6 Å². The number of halogens is 2. The molecule has 0 spiro atoms. The number of likely N-dealkylation sites (tertiary alicyclic amines) is 1. The summed E-state index contributed by atoms with van der Waals surface area (Å²) in [6.07, 6.45) is 2.58. The Morgan fingerprint density at radius 2 is 2.00 bits per heavy atom. The second-order valence-electron chi connectivity index (χ2n) is 10.7. The summed E-state index contributed by atoms with van der Waals surface area (Å²) in [5, 5.41) is 12.6. The average molecular weight is 552 g/mol. The van der Waals surface area contributed by atoms with Crippen LogP contribution in [0.5, 0.6) is 5.75 Å². The number of carbonyl (C=O) groups is 2. The second kappa shape index (κ2) is 9.15. The zero-order chi connectivity index (χ0) is 26.8. The molecule has 202 valence electrons. The van der Waals surface area contributed by atoms with Crippen molar-refractivity contribution in [3.63, 3.8) is 0 Å². The Kier molecular flexibility index (Phi) is 5.69. The van der Waals surface area contributed by atoms with E-state index in [1.807, 2.05) is 6.07 Å². The highest BCUT2D eigenvalue weighted by Crippen LogP contribution is 2.41. The molecule has 1 saturated heterocycles. The van der Waals surface area contributed by atoms with Gasteiger partial charge in [-0.2, -0.15) is 0 Å². The van der Waals surface area contributed by atoms with Crippen LogP contribution in [-0.4, -0.2) is 61.9 Å². The Bertz CT molecular complexity index is 1660. The summed E-state index contributed by atoms with van der Waals surface area (Å²) in [4.78, 5) is 31.3. The Morgan fingerprint density at radius 1 is 1.15 bits per heavy atom. The van der Waals surface area contributed by atoms with Gasteiger partial charge in [0.05, 0.1) is 23.3 Å². The molecule has 0 radical (unpaired) electrons.